The van der Waals surface area contributed by atoms with E-state index in [1.54, 1.807) is 17.9 Å². The first-order chi connectivity index (χ1) is 13.5. The maximum absolute atomic E-state index is 13.1. The number of aryl methyl sites for hydroxylation is 2. The first-order valence-electron chi connectivity index (χ1n) is 9.34. The van der Waals surface area contributed by atoms with Gasteiger partial charge in [0.15, 0.2) is 10.5 Å². The molecule has 28 heavy (non-hydrogen) atoms. The van der Waals surface area contributed by atoms with Gasteiger partial charge in [-0.1, -0.05) is 6.92 Å². The van der Waals surface area contributed by atoms with E-state index in [9.17, 15) is 8.42 Å². The van der Waals surface area contributed by atoms with Gasteiger partial charge in [-0.05, 0) is 42.4 Å². The molecule has 1 aliphatic heterocycles. The lowest BCUT2D eigenvalue weighted by atomic mass is 9.87. The Balaban J connectivity index is 1.56. The normalized spacial score (nSPS) is 16.7. The predicted octanol–water partition coefficient (Wildman–Crippen LogP) is 1.60. The van der Waals surface area contributed by atoms with E-state index in [0.29, 0.717) is 19.0 Å². The molecule has 0 radical (unpaired) electrons. The van der Waals surface area contributed by atoms with Gasteiger partial charge in [-0.3, -0.25) is 0 Å². The Bertz CT molecular complexity index is 1100. The first kappa shape index (κ1) is 18.9. The van der Waals surface area contributed by atoms with Crippen molar-refractivity contribution in [1.82, 2.24) is 28.7 Å². The second-order valence-corrected chi connectivity index (χ2v) is 8.90. The van der Waals surface area contributed by atoms with Gasteiger partial charge in [-0.25, -0.2) is 22.6 Å². The molecule has 3 aromatic rings. The third-order valence-electron chi connectivity index (χ3n) is 5.47. The zero-order valence-corrected chi connectivity index (χ0v) is 17.1. The largest absolute Gasteiger partial charge is 0.480 e. The van der Waals surface area contributed by atoms with Crippen molar-refractivity contribution in [3.8, 4) is 5.88 Å². The number of methoxy groups -OCH3 is 1. The highest BCUT2D eigenvalue weighted by molar-refractivity contribution is 7.89. The molecule has 10 heteroatoms. The van der Waals surface area contributed by atoms with E-state index in [2.05, 4.69) is 28.2 Å². The summed E-state index contributed by atoms with van der Waals surface area (Å²) in [5.74, 6) is 0.554. The summed E-state index contributed by atoms with van der Waals surface area (Å²) in [4.78, 5) is 4.37. The minimum Gasteiger partial charge on any atom is -0.480 e. The van der Waals surface area contributed by atoms with Gasteiger partial charge in [0.25, 0.3) is 0 Å². The van der Waals surface area contributed by atoms with Gasteiger partial charge in [0.05, 0.1) is 13.3 Å². The number of fused-ring (bicyclic) bond motifs is 1. The molecule has 1 fully saturated rings. The van der Waals surface area contributed by atoms with Crippen LogP contribution in [0.1, 0.15) is 36.8 Å². The van der Waals surface area contributed by atoms with Crippen LogP contribution in [0.5, 0.6) is 5.88 Å². The molecule has 0 amide bonds. The van der Waals surface area contributed by atoms with Crippen LogP contribution in [0.15, 0.2) is 29.7 Å². The highest BCUT2D eigenvalue weighted by atomic mass is 32.2. The smallest absolute Gasteiger partial charge is 0.250 e. The van der Waals surface area contributed by atoms with Gasteiger partial charge < -0.3 is 4.74 Å². The molecule has 4 heterocycles. The molecular weight excluding hydrogens is 380 g/mol. The lowest BCUT2D eigenvalue weighted by Gasteiger charge is -2.32. The van der Waals surface area contributed by atoms with E-state index in [0.717, 1.165) is 24.9 Å². The van der Waals surface area contributed by atoms with Crippen LogP contribution in [0.25, 0.3) is 5.65 Å². The summed E-state index contributed by atoms with van der Waals surface area (Å²) in [6.45, 7) is 3.05. The summed E-state index contributed by atoms with van der Waals surface area (Å²) in [7, 11) is -0.517. The fourth-order valence-electron chi connectivity index (χ4n) is 3.95. The number of piperidine rings is 1. The maximum Gasteiger partial charge on any atom is 0.250 e. The van der Waals surface area contributed by atoms with Crippen molar-refractivity contribution in [3.63, 3.8) is 0 Å². The van der Waals surface area contributed by atoms with Crippen LogP contribution in [0.2, 0.25) is 0 Å². The molecule has 0 unspecified atom stereocenters. The van der Waals surface area contributed by atoms with Crippen LogP contribution in [0, 0.1) is 0 Å². The molecule has 1 saturated heterocycles. The number of nitrogens with zero attached hydrogens (tertiary/aromatic N) is 6. The second-order valence-electron chi connectivity index (χ2n) is 6.99. The van der Waals surface area contributed by atoms with Crippen LogP contribution in [0.4, 0.5) is 0 Å². The first-order valence-corrected chi connectivity index (χ1v) is 10.8. The third kappa shape index (κ3) is 3.06. The van der Waals surface area contributed by atoms with E-state index in [1.165, 1.54) is 33.4 Å². The summed E-state index contributed by atoms with van der Waals surface area (Å²) in [5.41, 5.74) is 3.32. The van der Waals surface area contributed by atoms with Crippen molar-refractivity contribution in [2.24, 2.45) is 7.05 Å². The maximum atomic E-state index is 13.1. The topological polar surface area (TPSA) is 94.6 Å². The Morgan fingerprint density at radius 2 is 2.00 bits per heavy atom. The molecule has 0 aliphatic carbocycles. The van der Waals surface area contributed by atoms with Crippen LogP contribution in [-0.2, 0) is 23.5 Å². The second kappa shape index (κ2) is 7.17. The highest BCUT2D eigenvalue weighted by Gasteiger charge is 2.34. The molecule has 0 aromatic carbocycles. The van der Waals surface area contributed by atoms with Crippen molar-refractivity contribution in [2.45, 2.75) is 37.0 Å². The van der Waals surface area contributed by atoms with Gasteiger partial charge >= 0.3 is 0 Å². The van der Waals surface area contributed by atoms with Crippen molar-refractivity contribution in [2.75, 3.05) is 20.2 Å². The van der Waals surface area contributed by atoms with Gasteiger partial charge in [0.2, 0.25) is 15.9 Å². The molecule has 9 nitrogen and oxygen atoms in total. The molecular formula is C18H24N6O3S. The average Bonchev–Trinajstić information content (AvgIpc) is 3.32. The van der Waals surface area contributed by atoms with Crippen molar-refractivity contribution < 1.29 is 13.2 Å². The molecule has 150 valence electrons. The van der Waals surface area contributed by atoms with Crippen LogP contribution < -0.4 is 4.74 Å². The Hall–Kier alpha value is -2.46. The zero-order chi connectivity index (χ0) is 19.9. The minimum absolute atomic E-state index is 0.120. The van der Waals surface area contributed by atoms with E-state index in [4.69, 9.17) is 4.74 Å². The Labute approximate surface area is 164 Å². The third-order valence-corrected chi connectivity index (χ3v) is 7.36. The van der Waals surface area contributed by atoms with Gasteiger partial charge in [-0.15, -0.1) is 0 Å². The Morgan fingerprint density at radius 3 is 2.68 bits per heavy atom. The summed E-state index contributed by atoms with van der Waals surface area (Å²) in [6, 6.07) is 2.08. The summed E-state index contributed by atoms with van der Waals surface area (Å²) >= 11 is 0. The molecule has 0 atom stereocenters. The monoisotopic (exact) mass is 404 g/mol. The Morgan fingerprint density at radius 1 is 1.25 bits per heavy atom. The Kier molecular flexibility index (Phi) is 4.84. The number of rotatable bonds is 5. The number of pyridine rings is 1. The number of aromatic nitrogens is 5. The van der Waals surface area contributed by atoms with Crippen LogP contribution >= 0.6 is 0 Å². The number of hydrogen-bond donors (Lipinski definition) is 0. The van der Waals surface area contributed by atoms with Gasteiger partial charge in [-0.2, -0.15) is 14.5 Å². The fourth-order valence-corrected chi connectivity index (χ4v) is 5.54. The van der Waals surface area contributed by atoms with Crippen molar-refractivity contribution in [1.29, 1.82) is 0 Å². The van der Waals surface area contributed by atoms with E-state index < -0.39 is 10.0 Å². The van der Waals surface area contributed by atoms with Crippen LogP contribution in [0.3, 0.4) is 0 Å². The van der Waals surface area contributed by atoms with Gasteiger partial charge in [0.1, 0.15) is 6.33 Å². The lowest BCUT2D eigenvalue weighted by molar-refractivity contribution is 0.315. The van der Waals surface area contributed by atoms with E-state index in [-0.39, 0.29) is 10.8 Å². The average molecular weight is 404 g/mol. The molecule has 0 N–H and O–H groups in total. The molecule has 0 spiro atoms. The number of hydrogen-bond acceptors (Lipinski definition) is 6. The summed E-state index contributed by atoms with van der Waals surface area (Å²) in [5, 5.41) is 8.27. The molecule has 0 saturated carbocycles. The fraction of sp³-hybridized carbons (Fsp3) is 0.500. The quantitative estimate of drug-likeness (QED) is 0.641. The molecule has 3 aromatic heterocycles. The molecule has 4 rings (SSSR count). The summed E-state index contributed by atoms with van der Waals surface area (Å²) in [6.07, 6.45) is 7.37. The molecule has 1 aliphatic rings. The summed E-state index contributed by atoms with van der Waals surface area (Å²) < 4.78 is 36.1. The lowest BCUT2D eigenvalue weighted by Crippen LogP contribution is -2.38. The zero-order valence-electron chi connectivity index (χ0n) is 16.2. The SMILES string of the molecule is CCc1cc2ncnn2cc1C1CCN(S(=O)(=O)c2cnn(C)c2OC)CC1. The van der Waals surface area contributed by atoms with Gasteiger partial charge in [0, 0.05) is 26.3 Å². The predicted molar refractivity (Wildman–Crippen MR) is 103 cm³/mol. The van der Waals surface area contributed by atoms with Crippen LogP contribution in [-0.4, -0.2) is 57.3 Å². The molecule has 0 bridgehead atoms. The number of ether oxygens (including phenoxy) is 1. The minimum atomic E-state index is -3.63. The highest BCUT2D eigenvalue weighted by Crippen LogP contribution is 2.34. The van der Waals surface area contributed by atoms with Crippen molar-refractivity contribution >= 4 is 15.7 Å². The van der Waals surface area contributed by atoms with E-state index in [1.807, 2.05) is 6.20 Å². The number of sulfonamides is 1. The standard InChI is InChI=1S/C18H24N6O3S/c1-4-13-9-17-19-12-21-24(17)11-15(13)14-5-7-23(8-6-14)28(25,26)16-10-20-22(2)18(16)27-3/h9-12,14H,4-8H2,1-3H3. The van der Waals surface area contributed by atoms with Crippen molar-refractivity contribution in [3.05, 3.63) is 35.9 Å². The van der Waals surface area contributed by atoms with E-state index >= 15 is 0 Å².